The summed E-state index contributed by atoms with van der Waals surface area (Å²) < 4.78 is 16.4. The maximum absolute atomic E-state index is 12.5. The van der Waals surface area contributed by atoms with Gasteiger partial charge in [0.15, 0.2) is 11.2 Å². The molecule has 0 aromatic rings. The van der Waals surface area contributed by atoms with Crippen LogP contribution in [0.2, 0.25) is 0 Å². The van der Waals surface area contributed by atoms with Crippen molar-refractivity contribution in [3.63, 3.8) is 0 Å². The van der Waals surface area contributed by atoms with Gasteiger partial charge in [-0.25, -0.2) is 0 Å². The van der Waals surface area contributed by atoms with Crippen molar-refractivity contribution in [2.75, 3.05) is 25.4 Å². The molecule has 2 rings (SSSR count). The molecule has 9 nitrogen and oxygen atoms in total. The molecule has 0 saturated carbocycles. The van der Waals surface area contributed by atoms with Gasteiger partial charge in [-0.2, -0.15) is 0 Å². The average molecular weight is 402 g/mol. The molecule has 2 aliphatic heterocycles. The van der Waals surface area contributed by atoms with Crippen molar-refractivity contribution in [2.45, 2.75) is 52.1 Å². The molecule has 2 aliphatic rings. The number of thioether (sulfide) groups is 1. The number of hydrogen-bond acceptors (Lipinski definition) is 8. The summed E-state index contributed by atoms with van der Waals surface area (Å²) in [7, 11) is 0. The molecule has 0 aliphatic carbocycles. The van der Waals surface area contributed by atoms with Crippen molar-refractivity contribution in [1.82, 2.24) is 10.6 Å². The molecule has 0 aromatic carbocycles. The Morgan fingerprint density at radius 1 is 1.22 bits per heavy atom. The van der Waals surface area contributed by atoms with Gasteiger partial charge >= 0.3 is 11.9 Å². The van der Waals surface area contributed by atoms with Crippen LogP contribution in [0.3, 0.4) is 0 Å². The predicted octanol–water partition coefficient (Wildman–Crippen LogP) is 0.321. The van der Waals surface area contributed by atoms with E-state index in [4.69, 9.17) is 14.2 Å². The van der Waals surface area contributed by atoms with Crippen molar-refractivity contribution < 1.29 is 33.4 Å². The minimum absolute atomic E-state index is 0.00121. The molecular formula is C17H26N2O7S. The second kappa shape index (κ2) is 9.03. The molecule has 27 heavy (non-hydrogen) atoms. The Kier molecular flexibility index (Phi) is 7.24. The van der Waals surface area contributed by atoms with Gasteiger partial charge in [0.05, 0.1) is 19.4 Å². The van der Waals surface area contributed by atoms with E-state index in [2.05, 4.69) is 10.6 Å². The molecule has 152 valence electrons. The van der Waals surface area contributed by atoms with Crippen LogP contribution in [-0.4, -0.2) is 60.4 Å². The third-order valence-corrected chi connectivity index (χ3v) is 5.01. The third kappa shape index (κ3) is 6.18. The highest BCUT2D eigenvalue weighted by Crippen LogP contribution is 2.41. The van der Waals surface area contributed by atoms with Crippen LogP contribution in [0.4, 0.5) is 0 Å². The molecule has 10 heteroatoms. The normalized spacial score (nSPS) is 26.5. The van der Waals surface area contributed by atoms with Gasteiger partial charge in [0.1, 0.15) is 0 Å². The largest absolute Gasteiger partial charge is 0.408 e. The van der Waals surface area contributed by atoms with Crippen LogP contribution in [0.15, 0.2) is 0 Å². The van der Waals surface area contributed by atoms with Gasteiger partial charge in [-0.15, -0.1) is 0 Å². The Morgan fingerprint density at radius 2 is 1.96 bits per heavy atom. The Bertz CT molecular complexity index is 610. The van der Waals surface area contributed by atoms with E-state index in [1.807, 2.05) is 13.8 Å². The highest BCUT2D eigenvalue weighted by Gasteiger charge is 2.54. The van der Waals surface area contributed by atoms with Gasteiger partial charge < -0.3 is 24.8 Å². The van der Waals surface area contributed by atoms with Crippen LogP contribution in [0.25, 0.3) is 0 Å². The number of carbonyl (C=O) groups excluding carboxylic acids is 4. The zero-order chi connectivity index (χ0) is 20.1. The summed E-state index contributed by atoms with van der Waals surface area (Å²) in [5.74, 6) is -1.99. The van der Waals surface area contributed by atoms with E-state index in [-0.39, 0.29) is 49.3 Å². The SMILES string of the molecule is CC(=O)SCCNC(=O)CCNC(=O)[C@@H]1OC2(CCC(=O)O2)OCC1(C)C. The molecular weight excluding hydrogens is 376 g/mol. The minimum atomic E-state index is -1.49. The van der Waals surface area contributed by atoms with E-state index in [1.54, 1.807) is 0 Å². The van der Waals surface area contributed by atoms with Gasteiger partial charge in [0.25, 0.3) is 0 Å². The van der Waals surface area contributed by atoms with E-state index < -0.39 is 23.5 Å². The monoisotopic (exact) mass is 402 g/mol. The molecule has 2 saturated heterocycles. The zero-order valence-corrected chi connectivity index (χ0v) is 16.6. The number of esters is 1. The van der Waals surface area contributed by atoms with Gasteiger partial charge in [-0.3, -0.25) is 19.2 Å². The third-order valence-electron chi connectivity index (χ3n) is 4.19. The molecule has 2 amide bonds. The Morgan fingerprint density at radius 3 is 2.59 bits per heavy atom. The first-order valence-corrected chi connectivity index (χ1v) is 9.83. The highest BCUT2D eigenvalue weighted by molar-refractivity contribution is 8.13. The molecule has 2 atom stereocenters. The van der Waals surface area contributed by atoms with Crippen LogP contribution in [0.5, 0.6) is 0 Å². The Hall–Kier alpha value is -1.65. The summed E-state index contributed by atoms with van der Waals surface area (Å²) in [5.41, 5.74) is -0.615. The molecule has 2 heterocycles. The first-order valence-electron chi connectivity index (χ1n) is 8.85. The number of amides is 2. The number of nitrogens with one attached hydrogen (secondary N) is 2. The summed E-state index contributed by atoms with van der Waals surface area (Å²) in [4.78, 5) is 46.5. The average Bonchev–Trinajstić information content (AvgIpc) is 2.95. The van der Waals surface area contributed by atoms with Crippen LogP contribution in [-0.2, 0) is 33.4 Å². The predicted molar refractivity (Wildman–Crippen MR) is 96.4 cm³/mol. The quantitative estimate of drug-likeness (QED) is 0.461. The Balaban J connectivity index is 1.77. The summed E-state index contributed by atoms with van der Waals surface area (Å²) >= 11 is 1.14. The molecule has 0 aromatic heterocycles. The lowest BCUT2D eigenvalue weighted by atomic mass is 9.85. The van der Waals surface area contributed by atoms with E-state index in [0.29, 0.717) is 12.3 Å². The lowest BCUT2D eigenvalue weighted by Gasteiger charge is -2.44. The first kappa shape index (κ1) is 21.6. The summed E-state index contributed by atoms with van der Waals surface area (Å²) in [6.45, 7) is 5.85. The van der Waals surface area contributed by atoms with E-state index >= 15 is 0 Å². The van der Waals surface area contributed by atoms with Crippen molar-refractivity contribution in [1.29, 1.82) is 0 Å². The Labute approximate surface area is 162 Å². The minimum Gasteiger partial charge on any atom is -0.408 e. The molecule has 1 spiro atoms. The maximum atomic E-state index is 12.5. The fourth-order valence-electron chi connectivity index (χ4n) is 2.73. The van der Waals surface area contributed by atoms with E-state index in [0.717, 1.165) is 11.8 Å². The van der Waals surface area contributed by atoms with Gasteiger partial charge in [0, 0.05) is 37.6 Å². The van der Waals surface area contributed by atoms with Crippen LogP contribution in [0, 0.1) is 5.41 Å². The number of rotatable bonds is 7. The number of ether oxygens (including phenoxy) is 3. The second-order valence-corrected chi connectivity index (χ2v) is 8.44. The summed E-state index contributed by atoms with van der Waals surface area (Å²) in [5, 5.41) is 5.37. The van der Waals surface area contributed by atoms with Crippen molar-refractivity contribution in [3.8, 4) is 0 Å². The number of hydrogen-bond donors (Lipinski definition) is 2. The summed E-state index contributed by atoms with van der Waals surface area (Å²) in [6, 6.07) is 0. The van der Waals surface area contributed by atoms with Gasteiger partial charge in [-0.1, -0.05) is 25.6 Å². The molecule has 0 radical (unpaired) electrons. The first-order chi connectivity index (χ1) is 12.6. The molecule has 0 bridgehead atoms. The second-order valence-electron chi connectivity index (χ2n) is 7.16. The fraction of sp³-hybridized carbons (Fsp3) is 0.765. The zero-order valence-electron chi connectivity index (χ0n) is 15.8. The van der Waals surface area contributed by atoms with Crippen LogP contribution < -0.4 is 10.6 Å². The fourth-order valence-corrected chi connectivity index (χ4v) is 3.23. The van der Waals surface area contributed by atoms with E-state index in [1.165, 1.54) is 6.92 Å². The van der Waals surface area contributed by atoms with Crippen molar-refractivity contribution >= 4 is 34.7 Å². The van der Waals surface area contributed by atoms with Crippen molar-refractivity contribution in [3.05, 3.63) is 0 Å². The molecule has 2 N–H and O–H groups in total. The van der Waals surface area contributed by atoms with Gasteiger partial charge in [-0.05, 0) is 0 Å². The smallest absolute Gasteiger partial charge is 0.330 e. The molecule has 2 fully saturated rings. The van der Waals surface area contributed by atoms with Crippen LogP contribution in [0.1, 0.15) is 40.0 Å². The van der Waals surface area contributed by atoms with Crippen LogP contribution >= 0.6 is 11.8 Å². The van der Waals surface area contributed by atoms with Gasteiger partial charge in [0.2, 0.25) is 11.8 Å². The van der Waals surface area contributed by atoms with E-state index in [9.17, 15) is 19.2 Å². The summed E-state index contributed by atoms with van der Waals surface area (Å²) in [6.07, 6.45) is -0.337. The highest BCUT2D eigenvalue weighted by atomic mass is 32.2. The lowest BCUT2D eigenvalue weighted by molar-refractivity contribution is -0.404. The lowest BCUT2D eigenvalue weighted by Crippen LogP contribution is -2.58. The standard InChI is InChI=1S/C17H26N2O7S/c1-11(20)27-9-8-18-12(21)5-7-19-15(23)14-16(2,3)10-24-17(26-14)6-4-13(22)25-17/h14H,4-10H2,1-3H3,(H,18,21)(H,19,23)/t14-,17?/m0/s1. The molecule has 1 unspecified atom stereocenters. The maximum Gasteiger partial charge on any atom is 0.330 e. The topological polar surface area (TPSA) is 120 Å². The van der Waals surface area contributed by atoms with Crippen molar-refractivity contribution in [2.24, 2.45) is 5.41 Å². The number of carbonyl (C=O) groups is 4.